The molecule has 0 aliphatic carbocycles. The second-order valence-corrected chi connectivity index (χ2v) is 27.8. The van der Waals surface area contributed by atoms with E-state index in [0.717, 1.165) is 133 Å². The van der Waals surface area contributed by atoms with Gasteiger partial charge < -0.3 is 18.9 Å². The van der Waals surface area contributed by atoms with E-state index < -0.39 is 0 Å². The van der Waals surface area contributed by atoms with Crippen molar-refractivity contribution in [2.45, 2.75) is 0 Å². The molecule has 0 aliphatic heterocycles. The Kier molecular flexibility index (Phi) is 17.0. The van der Waals surface area contributed by atoms with E-state index in [2.05, 4.69) is 342 Å². The number of hydrogen-bond acceptors (Lipinski definition) is 2. The first-order chi connectivity index (χ1) is 55.4. The van der Waals surface area contributed by atoms with Crippen molar-refractivity contribution in [3.63, 3.8) is 0 Å². The number of benzene rings is 18. The third kappa shape index (κ3) is 11.6. The molecule has 0 atom stereocenters. The van der Waals surface area contributed by atoms with E-state index in [-0.39, 0.29) is 0 Å². The molecule has 18 aromatic carbocycles. The van der Waals surface area contributed by atoms with Crippen LogP contribution in [0.2, 0.25) is 0 Å². The molecule has 0 aliphatic rings. The summed E-state index contributed by atoms with van der Waals surface area (Å²) in [5.74, 6) is 0. The van der Waals surface area contributed by atoms with Gasteiger partial charge in [-0.2, -0.15) is 0 Å². The number of anilines is 6. The Balaban J connectivity index is 0.000000151. The molecule has 0 fully saturated rings. The van der Waals surface area contributed by atoms with Gasteiger partial charge in [0.15, 0.2) is 22.7 Å². The van der Waals surface area contributed by atoms with Gasteiger partial charge in [0.25, 0.3) is 0 Å². The number of rotatable bonds is 12. The van der Waals surface area contributed by atoms with Crippen molar-refractivity contribution >= 4 is 144 Å². The van der Waals surface area contributed by atoms with Crippen molar-refractivity contribution in [3.8, 4) is 55.9 Å². The van der Waals surface area contributed by atoms with Gasteiger partial charge in [-0.05, 0) is 222 Å². The third-order valence-electron chi connectivity index (χ3n) is 21.5. The van der Waals surface area contributed by atoms with Crippen LogP contribution in [0.1, 0.15) is 0 Å². The zero-order valence-electron chi connectivity index (χ0n) is 60.5. The summed E-state index contributed by atoms with van der Waals surface area (Å²) < 4.78 is 4.69. The van der Waals surface area contributed by atoms with Gasteiger partial charge in [0.2, 0.25) is 0 Å². The summed E-state index contributed by atoms with van der Waals surface area (Å²) in [5, 5.41) is 13.5. The molecule has 0 N–H and O–H groups in total. The average molecular weight is 1430 g/mol. The molecule has 0 saturated carbocycles. The molecule has 2 aromatic heterocycles. The lowest BCUT2D eigenvalue weighted by atomic mass is 9.85. The average Bonchev–Trinajstić information content (AvgIpc) is 1.16. The van der Waals surface area contributed by atoms with E-state index in [1.165, 1.54) is 43.6 Å². The van der Waals surface area contributed by atoms with Crippen molar-refractivity contribution < 1.29 is 0 Å². The SMILES string of the molecule is [C-]#[N+]c1cccc(-c2c3ccccc3c(-c3cccc([N+]#[C-])c3)c3c(N(c4ccccc4)c4ccc(-n5c6ccccc6c6ccccc65)cc4)cccc23)c1.[C-]#[N+]c1cccc(-c2c3ccccc3c(-c3cccc([N+]#[C-])c3)c3cc(N(c4ccccc4)c4ccc(-n5c6ccccc6c6ccccc65)cc4)ccc23)c1. The van der Waals surface area contributed by atoms with E-state index in [4.69, 9.17) is 26.3 Å². The predicted molar refractivity (Wildman–Crippen MR) is 468 cm³/mol. The molecule has 112 heavy (non-hydrogen) atoms. The zero-order valence-corrected chi connectivity index (χ0v) is 60.5. The summed E-state index contributed by atoms with van der Waals surface area (Å²) in [6.07, 6.45) is 0. The quantitative estimate of drug-likeness (QED) is 0.0902. The summed E-state index contributed by atoms with van der Waals surface area (Å²) in [6, 6.07) is 135. The number of hydrogen-bond donors (Lipinski definition) is 0. The van der Waals surface area contributed by atoms with E-state index >= 15 is 0 Å². The van der Waals surface area contributed by atoms with Crippen LogP contribution in [0, 0.1) is 26.3 Å². The molecule has 8 nitrogen and oxygen atoms in total. The fourth-order valence-electron chi connectivity index (χ4n) is 16.8. The first-order valence-corrected chi connectivity index (χ1v) is 37.2. The third-order valence-corrected chi connectivity index (χ3v) is 21.5. The summed E-state index contributed by atoms with van der Waals surface area (Å²) >= 11 is 0. The largest absolute Gasteiger partial charge is 0.310 e. The lowest BCUT2D eigenvalue weighted by molar-refractivity contribution is 1.17. The van der Waals surface area contributed by atoms with Gasteiger partial charge in [0, 0.05) is 66.7 Å². The molecule has 520 valence electrons. The highest BCUT2D eigenvalue weighted by atomic mass is 15.2. The Bertz CT molecular complexity index is 7130. The Morgan fingerprint density at radius 1 is 0.196 bits per heavy atom. The molecule has 0 radical (unpaired) electrons. The van der Waals surface area contributed by atoms with Crippen LogP contribution >= 0.6 is 0 Å². The highest BCUT2D eigenvalue weighted by Crippen LogP contribution is 2.52. The normalized spacial score (nSPS) is 11.2. The zero-order chi connectivity index (χ0) is 75.2. The number of fused-ring (bicyclic) bond motifs is 10. The molecule has 0 unspecified atom stereocenters. The van der Waals surface area contributed by atoms with E-state index in [1.54, 1.807) is 0 Å². The lowest BCUT2D eigenvalue weighted by Crippen LogP contribution is -2.11. The fraction of sp³-hybridized carbons (Fsp3) is 0. The molecule has 0 amide bonds. The topological polar surface area (TPSA) is 33.8 Å². The maximum atomic E-state index is 7.90. The van der Waals surface area contributed by atoms with Crippen LogP contribution in [0.15, 0.2) is 388 Å². The van der Waals surface area contributed by atoms with Crippen LogP contribution in [0.5, 0.6) is 0 Å². The van der Waals surface area contributed by atoms with E-state index in [9.17, 15) is 0 Å². The highest BCUT2D eigenvalue weighted by molar-refractivity contribution is 6.26. The van der Waals surface area contributed by atoms with Gasteiger partial charge in [-0.25, -0.2) is 19.4 Å². The van der Waals surface area contributed by atoms with Crippen LogP contribution in [0.25, 0.3) is 162 Å². The Labute approximate surface area is 648 Å². The van der Waals surface area contributed by atoms with Crippen LogP contribution < -0.4 is 9.80 Å². The smallest absolute Gasteiger partial charge is 0.187 e. The van der Waals surface area contributed by atoms with Crippen LogP contribution in [-0.2, 0) is 0 Å². The Hall–Kier alpha value is -15.8. The monoisotopic (exact) mass is 1420 g/mol. The molecule has 0 bridgehead atoms. The molecular formula is C104H64N8. The minimum atomic E-state index is 0.589. The summed E-state index contributed by atoms with van der Waals surface area (Å²) in [7, 11) is 0. The van der Waals surface area contributed by atoms with Gasteiger partial charge >= 0.3 is 0 Å². The van der Waals surface area contributed by atoms with Gasteiger partial charge in [-0.15, -0.1) is 0 Å². The summed E-state index contributed by atoms with van der Waals surface area (Å²) in [4.78, 5) is 19.8. The number of aromatic nitrogens is 2. The molecule has 20 rings (SSSR count). The molecular weight excluding hydrogens is 1360 g/mol. The van der Waals surface area contributed by atoms with Crippen molar-refractivity contribution in [1.82, 2.24) is 9.13 Å². The minimum Gasteiger partial charge on any atom is -0.310 e. The van der Waals surface area contributed by atoms with Gasteiger partial charge in [0.05, 0.1) is 54.0 Å². The van der Waals surface area contributed by atoms with E-state index in [0.29, 0.717) is 22.7 Å². The van der Waals surface area contributed by atoms with Crippen LogP contribution in [0.3, 0.4) is 0 Å². The van der Waals surface area contributed by atoms with Crippen LogP contribution in [0.4, 0.5) is 56.9 Å². The number of para-hydroxylation sites is 6. The molecule has 2 heterocycles. The molecule has 8 heteroatoms. The van der Waals surface area contributed by atoms with Crippen molar-refractivity contribution in [1.29, 1.82) is 0 Å². The van der Waals surface area contributed by atoms with E-state index in [1.807, 2.05) is 84.9 Å². The molecule has 0 saturated heterocycles. The second-order valence-electron chi connectivity index (χ2n) is 27.8. The summed E-state index contributed by atoms with van der Waals surface area (Å²) in [5.41, 5.74) is 23.6. The Morgan fingerprint density at radius 2 is 0.482 bits per heavy atom. The molecule has 0 spiro atoms. The second kappa shape index (κ2) is 28.5. The predicted octanol–water partition coefficient (Wildman–Crippen LogP) is 30.0. The standard InChI is InChI=1S/2C52H32N4/c1-53-37-17-12-15-35(33-37)50-44-23-6-7-24-45(44)51(36-16-13-18-38(34-36)54-2)52-46(50)25-14-28-49(52)55(39-19-4-3-5-20-39)40-29-31-41(32-30-40)56-47-26-10-8-21-42(47)43-22-9-11-27-48(43)56;1-53-37-16-12-14-35(32-37)51-45-22-6-7-23-46(45)52(36-15-13-17-38(33-36)54-2)48-34-42(30-31-47(48)51)55(39-18-4-3-5-19-39)40-26-28-41(29-27-40)56-49-24-10-8-20-43(49)44-21-9-11-25-50(44)56/h2*3-34H. The summed E-state index contributed by atoms with van der Waals surface area (Å²) in [6.45, 7) is 31.3. The Morgan fingerprint density at radius 3 is 0.884 bits per heavy atom. The van der Waals surface area contributed by atoms with Gasteiger partial charge in [-0.1, -0.05) is 249 Å². The number of nitrogens with zero attached hydrogens (tertiary/aromatic N) is 8. The first-order valence-electron chi connectivity index (χ1n) is 37.2. The van der Waals surface area contributed by atoms with Crippen molar-refractivity contribution in [2.24, 2.45) is 0 Å². The maximum absolute atomic E-state index is 7.90. The van der Waals surface area contributed by atoms with Crippen molar-refractivity contribution in [3.05, 3.63) is 434 Å². The maximum Gasteiger partial charge on any atom is 0.187 e. The van der Waals surface area contributed by atoms with Crippen LogP contribution in [-0.4, -0.2) is 9.13 Å². The lowest BCUT2D eigenvalue weighted by Gasteiger charge is -2.29. The first kappa shape index (κ1) is 66.8. The molecule has 20 aromatic rings. The highest BCUT2D eigenvalue weighted by Gasteiger charge is 2.26. The van der Waals surface area contributed by atoms with Gasteiger partial charge in [-0.3, -0.25) is 0 Å². The van der Waals surface area contributed by atoms with Gasteiger partial charge in [0.1, 0.15) is 0 Å². The fourth-order valence-corrected chi connectivity index (χ4v) is 16.8. The minimum absolute atomic E-state index is 0.589. The van der Waals surface area contributed by atoms with Crippen molar-refractivity contribution in [2.75, 3.05) is 9.80 Å².